The summed E-state index contributed by atoms with van der Waals surface area (Å²) in [5, 5.41) is 0. The molecule has 1 aromatic carbocycles. The van der Waals surface area contributed by atoms with Crippen molar-refractivity contribution in [1.82, 2.24) is 0 Å². The molecule has 7 heteroatoms. The van der Waals surface area contributed by atoms with E-state index >= 15 is 0 Å². The summed E-state index contributed by atoms with van der Waals surface area (Å²) < 4.78 is 54.6. The van der Waals surface area contributed by atoms with Crippen molar-refractivity contribution in [1.29, 1.82) is 0 Å². The first-order chi connectivity index (χ1) is 7.34. The van der Waals surface area contributed by atoms with Gasteiger partial charge in [0, 0.05) is 13.0 Å². The van der Waals surface area contributed by atoms with Crippen molar-refractivity contribution in [3.05, 3.63) is 29.3 Å². The minimum atomic E-state index is -2.12. The fourth-order valence-corrected chi connectivity index (χ4v) is 0.797. The summed E-state index contributed by atoms with van der Waals surface area (Å²) in [6, 6.07) is 0.134. The summed E-state index contributed by atoms with van der Waals surface area (Å²) in [7, 11) is 0. The van der Waals surface area contributed by atoms with Crippen LogP contribution in [0.2, 0.25) is 0 Å². The number of hydrogen-bond acceptors (Lipinski definition) is 3. The van der Waals surface area contributed by atoms with Gasteiger partial charge in [0.2, 0.25) is 17.4 Å². The highest BCUT2D eigenvalue weighted by Gasteiger charge is 2.22. The lowest BCUT2D eigenvalue weighted by Gasteiger charge is -2.05. The molecular formula is C9H4F4O3. The van der Waals surface area contributed by atoms with E-state index in [0.29, 0.717) is 0 Å². The van der Waals surface area contributed by atoms with Gasteiger partial charge in [-0.15, -0.1) is 0 Å². The molecule has 0 N–H and O–H groups in total. The predicted octanol–water partition coefficient (Wildman–Crippen LogP) is 1.74. The maximum atomic E-state index is 12.9. The molecule has 0 radical (unpaired) electrons. The van der Waals surface area contributed by atoms with Crippen LogP contribution in [0.15, 0.2) is 6.07 Å². The minimum absolute atomic E-state index is 0.134. The molecule has 0 amide bonds. The maximum absolute atomic E-state index is 12.9. The molecule has 3 nitrogen and oxygen atoms in total. The van der Waals surface area contributed by atoms with E-state index in [4.69, 9.17) is 0 Å². The second-order valence-corrected chi connectivity index (χ2v) is 2.74. The standard InChI is InChI=1S/C9H4F4O3/c1-3(14)9(15)16-5-2-4(10)6(11)8(13)7(5)12/h2H,1H3. The van der Waals surface area contributed by atoms with Gasteiger partial charge in [0.1, 0.15) is 0 Å². The van der Waals surface area contributed by atoms with Crippen LogP contribution in [0.1, 0.15) is 6.92 Å². The van der Waals surface area contributed by atoms with E-state index in [1.807, 2.05) is 0 Å². The monoisotopic (exact) mass is 236 g/mol. The highest BCUT2D eigenvalue weighted by atomic mass is 19.2. The van der Waals surface area contributed by atoms with Crippen molar-refractivity contribution in [2.24, 2.45) is 0 Å². The third-order valence-electron chi connectivity index (χ3n) is 1.56. The van der Waals surface area contributed by atoms with E-state index < -0.39 is 40.8 Å². The minimum Gasteiger partial charge on any atom is -0.417 e. The number of carbonyl (C=O) groups is 2. The highest BCUT2D eigenvalue weighted by Crippen LogP contribution is 2.24. The molecule has 0 aliphatic heterocycles. The van der Waals surface area contributed by atoms with Gasteiger partial charge < -0.3 is 4.74 Å². The number of Topliss-reactive ketones (excluding diaryl/α,β-unsaturated/α-hetero) is 1. The molecule has 1 aromatic rings. The average Bonchev–Trinajstić information content (AvgIpc) is 2.22. The smallest absolute Gasteiger partial charge is 0.379 e. The predicted molar refractivity (Wildman–Crippen MR) is 42.6 cm³/mol. The van der Waals surface area contributed by atoms with E-state index in [9.17, 15) is 27.2 Å². The molecule has 0 bridgehead atoms. The summed E-state index contributed by atoms with van der Waals surface area (Å²) in [4.78, 5) is 21.1. The first-order valence-corrected chi connectivity index (χ1v) is 3.90. The Bertz CT molecular complexity index is 470. The van der Waals surface area contributed by atoms with Crippen LogP contribution >= 0.6 is 0 Å². The number of hydrogen-bond donors (Lipinski definition) is 0. The van der Waals surface area contributed by atoms with Gasteiger partial charge in [0.15, 0.2) is 17.4 Å². The zero-order valence-electron chi connectivity index (χ0n) is 7.81. The molecular weight excluding hydrogens is 232 g/mol. The number of benzene rings is 1. The van der Waals surface area contributed by atoms with E-state index in [-0.39, 0.29) is 6.07 Å². The molecule has 0 saturated heterocycles. The number of esters is 1. The van der Waals surface area contributed by atoms with Crippen LogP contribution in [0.5, 0.6) is 5.75 Å². The van der Waals surface area contributed by atoms with Gasteiger partial charge in [-0.05, 0) is 0 Å². The second kappa shape index (κ2) is 4.30. The summed E-state index contributed by atoms with van der Waals surface area (Å²) >= 11 is 0. The summed E-state index contributed by atoms with van der Waals surface area (Å²) in [6.45, 7) is 0.816. The van der Waals surface area contributed by atoms with E-state index in [0.717, 1.165) is 6.92 Å². The van der Waals surface area contributed by atoms with E-state index in [1.54, 1.807) is 0 Å². The lowest BCUT2D eigenvalue weighted by atomic mass is 10.3. The average molecular weight is 236 g/mol. The Morgan fingerprint density at radius 3 is 2.12 bits per heavy atom. The van der Waals surface area contributed by atoms with Crippen molar-refractivity contribution in [3.8, 4) is 5.75 Å². The van der Waals surface area contributed by atoms with Gasteiger partial charge in [-0.1, -0.05) is 0 Å². The van der Waals surface area contributed by atoms with Gasteiger partial charge >= 0.3 is 5.97 Å². The molecule has 0 saturated carbocycles. The molecule has 86 valence electrons. The Balaban J connectivity index is 3.16. The van der Waals surface area contributed by atoms with Crippen molar-refractivity contribution in [3.63, 3.8) is 0 Å². The first kappa shape index (κ1) is 12.2. The number of rotatable bonds is 2. The van der Waals surface area contributed by atoms with Crippen molar-refractivity contribution in [2.75, 3.05) is 0 Å². The highest BCUT2D eigenvalue weighted by molar-refractivity contribution is 6.33. The van der Waals surface area contributed by atoms with Crippen molar-refractivity contribution in [2.45, 2.75) is 6.92 Å². The Morgan fingerprint density at radius 1 is 1.06 bits per heavy atom. The van der Waals surface area contributed by atoms with Crippen LogP contribution in [-0.4, -0.2) is 11.8 Å². The number of carbonyl (C=O) groups excluding carboxylic acids is 2. The van der Waals surface area contributed by atoms with Crippen LogP contribution < -0.4 is 4.74 Å². The zero-order chi connectivity index (χ0) is 12.5. The molecule has 0 aromatic heterocycles. The summed E-state index contributed by atoms with van der Waals surface area (Å²) in [5.74, 6) is -11.5. The third kappa shape index (κ3) is 2.18. The Labute approximate surface area is 86.6 Å². The van der Waals surface area contributed by atoms with E-state index in [2.05, 4.69) is 4.74 Å². The molecule has 0 aliphatic rings. The van der Waals surface area contributed by atoms with Crippen LogP contribution in [-0.2, 0) is 9.59 Å². The topological polar surface area (TPSA) is 43.4 Å². The Morgan fingerprint density at radius 2 is 1.62 bits per heavy atom. The third-order valence-corrected chi connectivity index (χ3v) is 1.56. The molecule has 0 aliphatic carbocycles. The van der Waals surface area contributed by atoms with Gasteiger partial charge in [-0.2, -0.15) is 4.39 Å². The van der Waals surface area contributed by atoms with Crippen molar-refractivity contribution < 1.29 is 31.9 Å². The fourth-order valence-electron chi connectivity index (χ4n) is 0.797. The summed E-state index contributed by atoms with van der Waals surface area (Å²) in [6.07, 6.45) is 0. The van der Waals surface area contributed by atoms with Gasteiger partial charge in [-0.25, -0.2) is 18.0 Å². The largest absolute Gasteiger partial charge is 0.417 e. The molecule has 1 rings (SSSR count). The second-order valence-electron chi connectivity index (χ2n) is 2.74. The zero-order valence-corrected chi connectivity index (χ0v) is 7.81. The number of halogens is 4. The Kier molecular flexibility index (Phi) is 3.26. The van der Waals surface area contributed by atoms with Gasteiger partial charge in [-0.3, -0.25) is 4.79 Å². The summed E-state index contributed by atoms with van der Waals surface area (Å²) in [5.41, 5.74) is 0. The molecule has 0 atom stereocenters. The maximum Gasteiger partial charge on any atom is 0.379 e. The van der Waals surface area contributed by atoms with Crippen LogP contribution in [0, 0.1) is 23.3 Å². The Hall–Kier alpha value is -1.92. The molecule has 16 heavy (non-hydrogen) atoms. The lowest BCUT2D eigenvalue weighted by Crippen LogP contribution is -2.18. The fraction of sp³-hybridized carbons (Fsp3) is 0.111. The SMILES string of the molecule is CC(=O)C(=O)Oc1cc(F)c(F)c(F)c1F. The van der Waals surface area contributed by atoms with Gasteiger partial charge in [0.25, 0.3) is 0 Å². The van der Waals surface area contributed by atoms with Crippen LogP contribution in [0.25, 0.3) is 0 Å². The number of ketones is 1. The quantitative estimate of drug-likeness (QED) is 0.196. The van der Waals surface area contributed by atoms with Crippen LogP contribution in [0.4, 0.5) is 17.6 Å². The molecule has 0 heterocycles. The molecule has 0 spiro atoms. The van der Waals surface area contributed by atoms with Crippen LogP contribution in [0.3, 0.4) is 0 Å². The van der Waals surface area contributed by atoms with Crippen molar-refractivity contribution >= 4 is 11.8 Å². The molecule has 0 fully saturated rings. The number of ether oxygens (including phenoxy) is 1. The lowest BCUT2D eigenvalue weighted by molar-refractivity contribution is -0.146. The normalized spacial score (nSPS) is 10.1. The first-order valence-electron chi connectivity index (χ1n) is 3.90. The molecule has 0 unspecified atom stereocenters. The van der Waals surface area contributed by atoms with Gasteiger partial charge in [0.05, 0.1) is 0 Å². The van der Waals surface area contributed by atoms with E-state index in [1.165, 1.54) is 0 Å².